The minimum atomic E-state index is -0.700. The third kappa shape index (κ3) is 3.90. The maximum Gasteiger partial charge on any atom is 0.257 e. The van der Waals surface area contributed by atoms with Gasteiger partial charge in [0.2, 0.25) is 0 Å². The number of aromatic nitrogens is 1. The molecule has 2 aromatic heterocycles. The minimum Gasteiger partial charge on any atom is -0.338 e. The number of nitrogens with zero attached hydrogens (tertiary/aromatic N) is 2. The number of fused-ring (bicyclic) bond motifs is 1. The Labute approximate surface area is 193 Å². The van der Waals surface area contributed by atoms with E-state index < -0.39 is 17.6 Å². The minimum absolute atomic E-state index is 0.000866. The summed E-state index contributed by atoms with van der Waals surface area (Å²) in [5, 5.41) is 0.951. The molecule has 2 aliphatic heterocycles. The fraction of sp³-hybridized carbons (Fsp3) is 0.333. The summed E-state index contributed by atoms with van der Waals surface area (Å²) in [5.74, 6) is -0.184. The average Bonchev–Trinajstić information content (AvgIpc) is 3.48. The molecule has 3 aromatic rings. The molecule has 5 rings (SSSR count). The Bertz CT molecular complexity index is 1170. The van der Waals surface area contributed by atoms with Crippen LogP contribution in [0.1, 0.15) is 44.0 Å². The number of carbonyl (C=O) groups is 2. The van der Waals surface area contributed by atoms with E-state index in [2.05, 4.69) is 0 Å². The summed E-state index contributed by atoms with van der Waals surface area (Å²) in [5.41, 5.74) is 1.74. The van der Waals surface area contributed by atoms with Crippen molar-refractivity contribution in [2.24, 2.45) is 5.92 Å². The van der Waals surface area contributed by atoms with Crippen molar-refractivity contribution in [3.8, 4) is 5.00 Å². The topological polar surface area (TPSA) is 42.3 Å². The van der Waals surface area contributed by atoms with Crippen molar-refractivity contribution in [1.82, 2.24) is 9.47 Å². The third-order valence-electron chi connectivity index (χ3n) is 6.20. The SMILES string of the molecule is O=C(c1cc(F)ccc1F)C1CCN(C(=O)c2c(-n3cccc3)sc3c2CCSC3)CC1. The highest BCUT2D eigenvalue weighted by molar-refractivity contribution is 7.98. The van der Waals surface area contributed by atoms with Crippen LogP contribution in [0.4, 0.5) is 8.78 Å². The predicted molar refractivity (Wildman–Crippen MR) is 123 cm³/mol. The molecule has 2 aliphatic rings. The number of ketones is 1. The molecule has 1 saturated heterocycles. The van der Waals surface area contributed by atoms with E-state index in [0.717, 1.165) is 52.3 Å². The Morgan fingerprint density at radius 2 is 1.81 bits per heavy atom. The van der Waals surface area contributed by atoms with Crippen LogP contribution in [0.5, 0.6) is 0 Å². The van der Waals surface area contributed by atoms with Crippen molar-refractivity contribution in [2.45, 2.75) is 25.0 Å². The molecule has 1 amide bonds. The smallest absolute Gasteiger partial charge is 0.257 e. The van der Waals surface area contributed by atoms with Crippen LogP contribution < -0.4 is 0 Å². The summed E-state index contributed by atoms with van der Waals surface area (Å²) in [4.78, 5) is 29.4. The standard InChI is InChI=1S/C24H22F2N2O2S2/c25-16-3-4-19(26)18(13-16)22(29)15-5-10-27(11-6-15)23(30)21-17-7-12-31-14-20(17)32-24(21)28-8-1-2-9-28/h1-4,8-9,13,15H,5-7,10-12,14H2. The van der Waals surface area contributed by atoms with Crippen LogP contribution in [0, 0.1) is 17.6 Å². The van der Waals surface area contributed by atoms with Crippen LogP contribution in [-0.2, 0) is 12.2 Å². The highest BCUT2D eigenvalue weighted by atomic mass is 32.2. The number of halogens is 2. The molecule has 0 N–H and O–H groups in total. The molecule has 32 heavy (non-hydrogen) atoms. The molecule has 0 bridgehead atoms. The molecule has 0 spiro atoms. The molecule has 4 heterocycles. The molecule has 0 atom stereocenters. The molecule has 0 radical (unpaired) electrons. The van der Waals surface area contributed by atoms with Crippen LogP contribution >= 0.6 is 23.1 Å². The van der Waals surface area contributed by atoms with E-state index in [1.165, 1.54) is 4.88 Å². The van der Waals surface area contributed by atoms with Gasteiger partial charge in [0.1, 0.15) is 16.6 Å². The first kappa shape index (κ1) is 21.4. The number of likely N-dealkylation sites (tertiary alicyclic amines) is 1. The highest BCUT2D eigenvalue weighted by Gasteiger charge is 2.33. The summed E-state index contributed by atoms with van der Waals surface area (Å²) >= 11 is 3.57. The van der Waals surface area contributed by atoms with Gasteiger partial charge in [0.15, 0.2) is 5.78 Å². The number of thioether (sulfide) groups is 1. The normalized spacial score (nSPS) is 16.8. The summed E-state index contributed by atoms with van der Waals surface area (Å²) in [6.07, 6.45) is 5.69. The van der Waals surface area contributed by atoms with Gasteiger partial charge in [-0.2, -0.15) is 11.8 Å². The Balaban J connectivity index is 1.36. The van der Waals surface area contributed by atoms with Gasteiger partial charge in [-0.25, -0.2) is 8.78 Å². The monoisotopic (exact) mass is 472 g/mol. The summed E-state index contributed by atoms with van der Waals surface area (Å²) in [7, 11) is 0. The first-order chi connectivity index (χ1) is 15.5. The lowest BCUT2D eigenvalue weighted by Crippen LogP contribution is -2.41. The number of carbonyl (C=O) groups excluding carboxylic acids is 2. The molecule has 0 unspecified atom stereocenters. The maximum atomic E-state index is 14.1. The number of Topliss-reactive ketones (excluding diaryl/α,β-unsaturated/α-hetero) is 1. The van der Waals surface area contributed by atoms with Gasteiger partial charge in [-0.15, -0.1) is 11.3 Å². The zero-order valence-electron chi connectivity index (χ0n) is 17.4. The third-order valence-corrected chi connectivity index (χ3v) is 8.62. The van der Waals surface area contributed by atoms with Gasteiger partial charge in [-0.05, 0) is 60.9 Å². The van der Waals surface area contributed by atoms with Crippen LogP contribution in [0.3, 0.4) is 0 Å². The lowest BCUT2D eigenvalue weighted by molar-refractivity contribution is 0.0648. The molecule has 1 fully saturated rings. The molecule has 0 aliphatic carbocycles. The Morgan fingerprint density at radius 1 is 1.06 bits per heavy atom. The van der Waals surface area contributed by atoms with Crippen molar-refractivity contribution in [3.63, 3.8) is 0 Å². The highest BCUT2D eigenvalue weighted by Crippen LogP contribution is 2.39. The molecular formula is C24H22F2N2O2S2. The van der Waals surface area contributed by atoms with Crippen molar-refractivity contribution in [3.05, 3.63) is 75.9 Å². The summed E-state index contributed by atoms with van der Waals surface area (Å²) in [6, 6.07) is 6.86. The summed E-state index contributed by atoms with van der Waals surface area (Å²) < 4.78 is 29.6. The fourth-order valence-corrected chi connectivity index (χ4v) is 6.94. The molecule has 0 saturated carbocycles. The van der Waals surface area contributed by atoms with E-state index in [1.54, 1.807) is 11.3 Å². The number of hydrogen-bond acceptors (Lipinski definition) is 4. The zero-order valence-corrected chi connectivity index (χ0v) is 19.0. The van der Waals surface area contributed by atoms with E-state index >= 15 is 0 Å². The number of rotatable bonds is 4. The second-order valence-corrected chi connectivity index (χ2v) is 10.3. The van der Waals surface area contributed by atoms with Crippen LogP contribution in [0.15, 0.2) is 42.7 Å². The molecule has 166 valence electrons. The van der Waals surface area contributed by atoms with Gasteiger partial charge < -0.3 is 9.47 Å². The molecule has 1 aromatic carbocycles. The summed E-state index contributed by atoms with van der Waals surface area (Å²) in [6.45, 7) is 0.854. The van der Waals surface area contributed by atoms with Gasteiger partial charge in [0, 0.05) is 42.0 Å². The number of thiophene rings is 1. The zero-order chi connectivity index (χ0) is 22.2. The van der Waals surface area contributed by atoms with E-state index in [0.29, 0.717) is 25.9 Å². The van der Waals surface area contributed by atoms with E-state index in [4.69, 9.17) is 0 Å². The second-order valence-electron chi connectivity index (χ2n) is 8.13. The van der Waals surface area contributed by atoms with Crippen molar-refractivity contribution >= 4 is 34.8 Å². The Morgan fingerprint density at radius 3 is 2.56 bits per heavy atom. The van der Waals surface area contributed by atoms with Gasteiger partial charge >= 0.3 is 0 Å². The van der Waals surface area contributed by atoms with Gasteiger partial charge in [0.25, 0.3) is 5.91 Å². The van der Waals surface area contributed by atoms with Crippen molar-refractivity contribution in [2.75, 3.05) is 18.8 Å². The molecule has 8 heteroatoms. The number of amides is 1. The second kappa shape index (κ2) is 8.83. The van der Waals surface area contributed by atoms with Crippen LogP contribution in [0.2, 0.25) is 0 Å². The maximum absolute atomic E-state index is 14.1. The van der Waals surface area contributed by atoms with E-state index in [9.17, 15) is 18.4 Å². The molecular weight excluding hydrogens is 450 g/mol. The number of benzene rings is 1. The van der Waals surface area contributed by atoms with Gasteiger partial charge in [-0.1, -0.05) is 0 Å². The van der Waals surface area contributed by atoms with Gasteiger partial charge in [-0.3, -0.25) is 9.59 Å². The van der Waals surface area contributed by atoms with Crippen LogP contribution in [-0.4, -0.2) is 40.0 Å². The quantitative estimate of drug-likeness (QED) is 0.482. The number of piperidine rings is 1. The number of hydrogen-bond donors (Lipinski definition) is 0. The fourth-order valence-electron chi connectivity index (χ4n) is 4.50. The lowest BCUT2D eigenvalue weighted by atomic mass is 9.88. The predicted octanol–water partition coefficient (Wildman–Crippen LogP) is 5.34. The first-order valence-corrected chi connectivity index (χ1v) is 12.6. The Kier molecular flexibility index (Phi) is 5.90. The van der Waals surface area contributed by atoms with Crippen molar-refractivity contribution in [1.29, 1.82) is 0 Å². The van der Waals surface area contributed by atoms with E-state index in [-0.39, 0.29) is 17.3 Å². The Hall–Kier alpha value is -2.45. The van der Waals surface area contributed by atoms with Crippen LogP contribution in [0.25, 0.3) is 5.00 Å². The lowest BCUT2D eigenvalue weighted by Gasteiger charge is -2.32. The first-order valence-electron chi connectivity index (χ1n) is 10.7. The molecule has 4 nitrogen and oxygen atoms in total. The van der Waals surface area contributed by atoms with Crippen molar-refractivity contribution < 1.29 is 18.4 Å². The average molecular weight is 473 g/mol. The largest absolute Gasteiger partial charge is 0.338 e. The van der Waals surface area contributed by atoms with E-state index in [1.807, 2.05) is 45.8 Å². The van der Waals surface area contributed by atoms with Gasteiger partial charge in [0.05, 0.1) is 11.1 Å².